The molecule has 6 heteroatoms. The zero-order chi connectivity index (χ0) is 17.0. The maximum Gasteiger partial charge on any atom is 0.238 e. The summed E-state index contributed by atoms with van der Waals surface area (Å²) in [4.78, 5) is 14.1. The van der Waals surface area contributed by atoms with Crippen LogP contribution in [0.25, 0.3) is 0 Å². The molecule has 0 radical (unpaired) electrons. The van der Waals surface area contributed by atoms with E-state index < -0.39 is 0 Å². The molecular weight excluding hydrogens is 355 g/mol. The van der Waals surface area contributed by atoms with Gasteiger partial charge in [0, 0.05) is 11.6 Å². The van der Waals surface area contributed by atoms with Crippen molar-refractivity contribution in [1.29, 1.82) is 0 Å². The predicted octanol–water partition coefficient (Wildman–Crippen LogP) is 5.03. The van der Waals surface area contributed by atoms with Crippen molar-refractivity contribution in [3.63, 3.8) is 0 Å². The fraction of sp³-hybridized carbons (Fsp3) is 0.235. The van der Waals surface area contributed by atoms with E-state index in [4.69, 9.17) is 34.8 Å². The van der Waals surface area contributed by atoms with Crippen molar-refractivity contribution in [1.82, 2.24) is 4.90 Å². The number of halogens is 3. The molecule has 0 saturated heterocycles. The Bertz CT molecular complexity index is 719. The summed E-state index contributed by atoms with van der Waals surface area (Å²) in [5.41, 5.74) is 2.27. The van der Waals surface area contributed by atoms with Crippen LogP contribution in [0.3, 0.4) is 0 Å². The first-order valence-electron chi connectivity index (χ1n) is 7.05. The predicted molar refractivity (Wildman–Crippen MR) is 97.6 cm³/mol. The van der Waals surface area contributed by atoms with Crippen LogP contribution < -0.4 is 5.32 Å². The minimum absolute atomic E-state index is 0.186. The molecule has 2 aromatic rings. The second-order valence-corrected chi connectivity index (χ2v) is 6.56. The van der Waals surface area contributed by atoms with E-state index in [2.05, 4.69) is 5.32 Å². The summed E-state index contributed by atoms with van der Waals surface area (Å²) in [6, 6.07) is 11.1. The first kappa shape index (κ1) is 18.1. The first-order valence-corrected chi connectivity index (χ1v) is 8.18. The van der Waals surface area contributed by atoms with Crippen molar-refractivity contribution >= 4 is 46.4 Å². The van der Waals surface area contributed by atoms with Gasteiger partial charge in [-0.25, -0.2) is 0 Å². The topological polar surface area (TPSA) is 32.3 Å². The maximum atomic E-state index is 12.2. The van der Waals surface area contributed by atoms with E-state index in [9.17, 15) is 4.79 Å². The van der Waals surface area contributed by atoms with E-state index in [-0.39, 0.29) is 12.5 Å². The molecule has 0 bridgehead atoms. The highest BCUT2D eigenvalue weighted by Crippen LogP contribution is 2.32. The number of aryl methyl sites for hydroxylation is 1. The molecule has 1 amide bonds. The summed E-state index contributed by atoms with van der Waals surface area (Å²) >= 11 is 18.4. The number of hydrogen-bond donors (Lipinski definition) is 1. The third-order valence-electron chi connectivity index (χ3n) is 3.36. The molecule has 122 valence electrons. The number of amides is 1. The average Bonchev–Trinajstić information content (AvgIpc) is 2.50. The molecule has 0 saturated carbocycles. The lowest BCUT2D eigenvalue weighted by Crippen LogP contribution is -2.30. The van der Waals surface area contributed by atoms with Gasteiger partial charge in [0.25, 0.3) is 0 Å². The van der Waals surface area contributed by atoms with E-state index in [0.717, 1.165) is 11.1 Å². The molecule has 0 fully saturated rings. The molecule has 0 aliphatic heterocycles. The number of carbonyl (C=O) groups excluding carboxylic acids is 1. The van der Waals surface area contributed by atoms with E-state index in [1.807, 2.05) is 49.2 Å². The number of hydrogen-bond acceptors (Lipinski definition) is 2. The van der Waals surface area contributed by atoms with Crippen molar-refractivity contribution in [2.24, 2.45) is 0 Å². The van der Waals surface area contributed by atoms with Crippen LogP contribution in [0, 0.1) is 6.92 Å². The fourth-order valence-electron chi connectivity index (χ4n) is 2.17. The van der Waals surface area contributed by atoms with E-state index in [1.54, 1.807) is 6.07 Å². The van der Waals surface area contributed by atoms with Gasteiger partial charge in [-0.05, 0) is 37.2 Å². The fourth-order valence-corrected chi connectivity index (χ4v) is 2.83. The van der Waals surface area contributed by atoms with Crippen LogP contribution in [0.1, 0.15) is 11.1 Å². The summed E-state index contributed by atoms with van der Waals surface area (Å²) in [6.07, 6.45) is 0. The molecule has 0 heterocycles. The number of likely N-dealkylation sites (N-methyl/N-ethyl adjacent to an activating group) is 1. The van der Waals surface area contributed by atoms with Crippen LogP contribution in [0.5, 0.6) is 0 Å². The highest BCUT2D eigenvalue weighted by Gasteiger charge is 2.14. The largest absolute Gasteiger partial charge is 0.322 e. The SMILES string of the molecule is Cc1ccc(Cl)c(NC(=O)CN(C)Cc2ccccc2Cl)c1Cl. The minimum atomic E-state index is -0.186. The van der Waals surface area contributed by atoms with Crippen molar-refractivity contribution in [2.75, 3.05) is 18.9 Å². The number of anilines is 1. The number of carbonyl (C=O) groups is 1. The number of nitrogens with one attached hydrogen (secondary N) is 1. The molecule has 2 rings (SSSR count). The van der Waals surface area contributed by atoms with E-state index >= 15 is 0 Å². The lowest BCUT2D eigenvalue weighted by Gasteiger charge is -2.18. The van der Waals surface area contributed by atoms with Crippen LogP contribution in [-0.2, 0) is 11.3 Å². The second kappa shape index (κ2) is 8.02. The molecule has 0 spiro atoms. The molecule has 0 aliphatic rings. The highest BCUT2D eigenvalue weighted by molar-refractivity contribution is 6.40. The zero-order valence-corrected chi connectivity index (χ0v) is 15.1. The van der Waals surface area contributed by atoms with Gasteiger partial charge in [0.1, 0.15) is 0 Å². The van der Waals surface area contributed by atoms with Crippen molar-refractivity contribution < 1.29 is 4.79 Å². The van der Waals surface area contributed by atoms with Gasteiger partial charge in [0.15, 0.2) is 0 Å². The number of benzene rings is 2. The molecule has 1 N–H and O–H groups in total. The van der Waals surface area contributed by atoms with E-state index in [0.29, 0.717) is 27.3 Å². The monoisotopic (exact) mass is 370 g/mol. The lowest BCUT2D eigenvalue weighted by molar-refractivity contribution is -0.117. The average molecular weight is 372 g/mol. The van der Waals surface area contributed by atoms with Gasteiger partial charge < -0.3 is 5.32 Å². The van der Waals surface area contributed by atoms with Crippen molar-refractivity contribution in [2.45, 2.75) is 13.5 Å². The first-order chi connectivity index (χ1) is 10.9. The smallest absolute Gasteiger partial charge is 0.238 e. The van der Waals surface area contributed by atoms with Gasteiger partial charge in [-0.15, -0.1) is 0 Å². The summed E-state index contributed by atoms with van der Waals surface area (Å²) in [7, 11) is 1.85. The molecule has 0 unspecified atom stereocenters. The summed E-state index contributed by atoms with van der Waals surface area (Å²) in [5, 5.41) is 4.34. The number of rotatable bonds is 5. The number of nitrogens with zero attached hydrogens (tertiary/aromatic N) is 1. The Labute approximate surface area is 151 Å². The Kier molecular flexibility index (Phi) is 6.31. The summed E-state index contributed by atoms with van der Waals surface area (Å²) < 4.78 is 0. The standard InChI is InChI=1S/C17H17Cl3N2O/c1-11-7-8-14(19)17(16(11)20)21-15(23)10-22(2)9-12-5-3-4-6-13(12)18/h3-8H,9-10H2,1-2H3,(H,21,23). The molecule has 2 aromatic carbocycles. The van der Waals surface area contributed by atoms with Gasteiger partial charge >= 0.3 is 0 Å². The second-order valence-electron chi connectivity index (χ2n) is 5.37. The molecule has 0 atom stereocenters. The van der Waals surface area contributed by atoms with E-state index in [1.165, 1.54) is 0 Å². The Morgan fingerprint density at radius 3 is 2.48 bits per heavy atom. The third-order valence-corrected chi connectivity index (χ3v) is 4.53. The van der Waals surface area contributed by atoms with Gasteiger partial charge in [0.05, 0.1) is 22.3 Å². The van der Waals surface area contributed by atoms with Crippen LogP contribution in [0.15, 0.2) is 36.4 Å². The minimum Gasteiger partial charge on any atom is -0.322 e. The Morgan fingerprint density at radius 1 is 1.09 bits per heavy atom. The van der Waals surface area contributed by atoms with Crippen LogP contribution in [0.2, 0.25) is 15.1 Å². The molecular formula is C17H17Cl3N2O. The third kappa shape index (κ3) is 4.85. The molecule has 23 heavy (non-hydrogen) atoms. The lowest BCUT2D eigenvalue weighted by atomic mass is 10.2. The Morgan fingerprint density at radius 2 is 1.78 bits per heavy atom. The quantitative estimate of drug-likeness (QED) is 0.800. The molecule has 3 nitrogen and oxygen atoms in total. The van der Waals surface area contributed by atoms with Crippen LogP contribution in [-0.4, -0.2) is 24.4 Å². The van der Waals surface area contributed by atoms with Gasteiger partial charge in [-0.2, -0.15) is 0 Å². The van der Waals surface area contributed by atoms with Crippen LogP contribution in [0.4, 0.5) is 5.69 Å². The Balaban J connectivity index is 2.00. The molecule has 0 aromatic heterocycles. The highest BCUT2D eigenvalue weighted by atomic mass is 35.5. The van der Waals surface area contributed by atoms with Crippen molar-refractivity contribution in [3.8, 4) is 0 Å². The van der Waals surface area contributed by atoms with Crippen molar-refractivity contribution in [3.05, 3.63) is 62.6 Å². The molecule has 0 aliphatic carbocycles. The summed E-state index contributed by atoms with van der Waals surface area (Å²) in [5.74, 6) is -0.186. The summed E-state index contributed by atoms with van der Waals surface area (Å²) in [6.45, 7) is 2.63. The Hall–Kier alpha value is -1.26. The zero-order valence-electron chi connectivity index (χ0n) is 12.9. The van der Waals surface area contributed by atoms with Gasteiger partial charge in [0.2, 0.25) is 5.91 Å². The van der Waals surface area contributed by atoms with Crippen LogP contribution >= 0.6 is 34.8 Å². The van der Waals surface area contributed by atoms with Gasteiger partial charge in [-0.3, -0.25) is 9.69 Å². The van der Waals surface area contributed by atoms with Gasteiger partial charge in [-0.1, -0.05) is 59.1 Å². The maximum absolute atomic E-state index is 12.2. The normalized spacial score (nSPS) is 10.9.